The van der Waals surface area contributed by atoms with Crippen LogP contribution in [0, 0.1) is 6.92 Å². The molecule has 2 aromatic carbocycles. The molecule has 0 aliphatic heterocycles. The molecule has 0 saturated carbocycles. The van der Waals surface area contributed by atoms with Gasteiger partial charge in [0.05, 0.1) is 7.11 Å². The fourth-order valence-corrected chi connectivity index (χ4v) is 2.98. The standard InChI is InChI=1S/C23H26N4O2/c1-15-14-20(21(28)26-19-9-7-6-8-18(19)23(2,3)4)27-22(24-15)25-16-10-12-17(29-5)13-11-16/h6-14H,1-5H3,(H,26,28)(H,24,25,27). The molecule has 150 valence electrons. The molecule has 0 bridgehead atoms. The van der Waals surface area contributed by atoms with E-state index in [1.165, 1.54) is 0 Å². The second-order valence-electron chi connectivity index (χ2n) is 7.82. The Morgan fingerprint density at radius 2 is 1.69 bits per heavy atom. The lowest BCUT2D eigenvalue weighted by Gasteiger charge is -2.23. The molecule has 0 atom stereocenters. The van der Waals surface area contributed by atoms with Crippen molar-refractivity contribution in [2.24, 2.45) is 0 Å². The third-order valence-corrected chi connectivity index (χ3v) is 4.42. The Labute approximate surface area is 171 Å². The van der Waals surface area contributed by atoms with E-state index in [1.54, 1.807) is 13.2 Å². The Kier molecular flexibility index (Phi) is 5.82. The lowest BCUT2D eigenvalue weighted by Crippen LogP contribution is -2.20. The molecular formula is C23H26N4O2. The van der Waals surface area contributed by atoms with Crippen LogP contribution in [0.4, 0.5) is 17.3 Å². The Bertz CT molecular complexity index is 1010. The molecule has 6 heteroatoms. The fraction of sp³-hybridized carbons (Fsp3) is 0.261. The first-order chi connectivity index (χ1) is 13.8. The number of nitrogens with one attached hydrogen (secondary N) is 2. The molecule has 0 aliphatic rings. The molecule has 0 spiro atoms. The van der Waals surface area contributed by atoms with Crippen molar-refractivity contribution in [2.75, 3.05) is 17.7 Å². The summed E-state index contributed by atoms with van der Waals surface area (Å²) in [5.74, 6) is 0.854. The molecule has 0 radical (unpaired) electrons. The molecule has 1 heterocycles. The minimum absolute atomic E-state index is 0.0907. The number of ether oxygens (including phenoxy) is 1. The van der Waals surface area contributed by atoms with Crippen LogP contribution in [0.25, 0.3) is 0 Å². The van der Waals surface area contributed by atoms with Crippen molar-refractivity contribution in [3.63, 3.8) is 0 Å². The van der Waals surface area contributed by atoms with Crippen LogP contribution in [0.2, 0.25) is 0 Å². The number of rotatable bonds is 5. The summed E-state index contributed by atoms with van der Waals surface area (Å²) in [4.78, 5) is 21.7. The summed E-state index contributed by atoms with van der Waals surface area (Å²) in [6.07, 6.45) is 0. The van der Waals surface area contributed by atoms with Gasteiger partial charge in [-0.3, -0.25) is 4.79 Å². The van der Waals surface area contributed by atoms with Crippen molar-refractivity contribution in [3.8, 4) is 5.75 Å². The molecule has 1 amide bonds. The van der Waals surface area contributed by atoms with Crippen LogP contribution >= 0.6 is 0 Å². The number of benzene rings is 2. The normalized spacial score (nSPS) is 11.1. The van der Waals surface area contributed by atoms with Gasteiger partial charge < -0.3 is 15.4 Å². The number of nitrogens with zero attached hydrogens (tertiary/aromatic N) is 2. The van der Waals surface area contributed by atoms with Crippen LogP contribution in [-0.2, 0) is 5.41 Å². The fourth-order valence-electron chi connectivity index (χ4n) is 2.98. The van der Waals surface area contributed by atoms with E-state index >= 15 is 0 Å². The summed E-state index contributed by atoms with van der Waals surface area (Å²) in [6, 6.07) is 16.9. The first-order valence-corrected chi connectivity index (χ1v) is 9.44. The van der Waals surface area contributed by atoms with E-state index in [9.17, 15) is 4.79 Å². The molecule has 0 aliphatic carbocycles. The van der Waals surface area contributed by atoms with Crippen molar-refractivity contribution in [2.45, 2.75) is 33.1 Å². The maximum Gasteiger partial charge on any atom is 0.274 e. The number of methoxy groups -OCH3 is 1. The number of amides is 1. The molecule has 6 nitrogen and oxygen atoms in total. The van der Waals surface area contributed by atoms with Crippen molar-refractivity contribution in [1.29, 1.82) is 0 Å². The molecule has 3 aromatic rings. The number of aryl methyl sites for hydroxylation is 1. The molecule has 1 aromatic heterocycles. The van der Waals surface area contributed by atoms with Gasteiger partial charge in [-0.15, -0.1) is 0 Å². The lowest BCUT2D eigenvalue weighted by atomic mass is 9.86. The molecule has 0 saturated heterocycles. The summed E-state index contributed by atoms with van der Waals surface area (Å²) >= 11 is 0. The first kappa shape index (κ1) is 20.3. The molecule has 3 rings (SSSR count). The highest BCUT2D eigenvalue weighted by atomic mass is 16.5. The minimum Gasteiger partial charge on any atom is -0.497 e. The van der Waals surface area contributed by atoms with Gasteiger partial charge in [0, 0.05) is 17.1 Å². The summed E-state index contributed by atoms with van der Waals surface area (Å²) < 4.78 is 5.17. The van der Waals surface area contributed by atoms with Crippen LogP contribution in [-0.4, -0.2) is 23.0 Å². The van der Waals surface area contributed by atoms with Crippen LogP contribution in [0.5, 0.6) is 5.75 Å². The van der Waals surface area contributed by atoms with E-state index in [0.717, 1.165) is 22.7 Å². The number of carbonyl (C=O) groups is 1. The smallest absolute Gasteiger partial charge is 0.274 e. The second kappa shape index (κ2) is 8.31. The first-order valence-electron chi connectivity index (χ1n) is 9.44. The predicted molar refractivity (Wildman–Crippen MR) is 116 cm³/mol. The van der Waals surface area contributed by atoms with Gasteiger partial charge in [-0.1, -0.05) is 39.0 Å². The zero-order valence-electron chi connectivity index (χ0n) is 17.4. The van der Waals surface area contributed by atoms with Gasteiger partial charge in [-0.05, 0) is 54.3 Å². The second-order valence-corrected chi connectivity index (χ2v) is 7.82. The van der Waals surface area contributed by atoms with E-state index < -0.39 is 0 Å². The van der Waals surface area contributed by atoms with E-state index in [-0.39, 0.29) is 11.3 Å². The van der Waals surface area contributed by atoms with E-state index in [1.807, 2.05) is 55.5 Å². The van der Waals surface area contributed by atoms with Gasteiger partial charge in [0.25, 0.3) is 5.91 Å². The summed E-state index contributed by atoms with van der Waals surface area (Å²) in [5, 5.41) is 6.13. The molecule has 29 heavy (non-hydrogen) atoms. The molecule has 0 unspecified atom stereocenters. The van der Waals surface area contributed by atoms with Crippen LogP contribution < -0.4 is 15.4 Å². The number of carbonyl (C=O) groups excluding carboxylic acids is 1. The number of hydrogen-bond donors (Lipinski definition) is 2. The zero-order chi connectivity index (χ0) is 21.0. The average Bonchev–Trinajstić information content (AvgIpc) is 2.67. The quantitative estimate of drug-likeness (QED) is 0.635. The summed E-state index contributed by atoms with van der Waals surface area (Å²) in [6.45, 7) is 8.18. The lowest BCUT2D eigenvalue weighted by molar-refractivity contribution is 0.102. The van der Waals surface area contributed by atoms with Crippen molar-refractivity contribution in [3.05, 3.63) is 71.5 Å². The number of hydrogen-bond acceptors (Lipinski definition) is 5. The van der Waals surface area contributed by atoms with Crippen molar-refractivity contribution < 1.29 is 9.53 Å². The Morgan fingerprint density at radius 1 is 1.00 bits per heavy atom. The highest BCUT2D eigenvalue weighted by Crippen LogP contribution is 2.29. The van der Waals surface area contributed by atoms with Gasteiger partial charge in [0.15, 0.2) is 0 Å². The molecule has 2 N–H and O–H groups in total. The van der Waals surface area contributed by atoms with E-state index in [0.29, 0.717) is 17.3 Å². The average molecular weight is 390 g/mol. The van der Waals surface area contributed by atoms with Crippen molar-refractivity contribution in [1.82, 2.24) is 9.97 Å². The summed E-state index contributed by atoms with van der Waals surface area (Å²) in [7, 11) is 1.62. The van der Waals surface area contributed by atoms with Crippen LogP contribution in [0.3, 0.4) is 0 Å². The van der Waals surface area contributed by atoms with Gasteiger partial charge in [-0.2, -0.15) is 0 Å². The minimum atomic E-state index is -0.273. The van der Waals surface area contributed by atoms with Crippen LogP contribution in [0.15, 0.2) is 54.6 Å². The monoisotopic (exact) mass is 390 g/mol. The summed E-state index contributed by atoms with van der Waals surface area (Å²) in [5.41, 5.74) is 3.57. The van der Waals surface area contributed by atoms with Gasteiger partial charge in [0.2, 0.25) is 5.95 Å². The Balaban J connectivity index is 1.83. The van der Waals surface area contributed by atoms with Gasteiger partial charge >= 0.3 is 0 Å². The Morgan fingerprint density at radius 3 is 2.34 bits per heavy atom. The number of para-hydroxylation sites is 1. The predicted octanol–water partition coefficient (Wildman–Crippen LogP) is 5.09. The largest absolute Gasteiger partial charge is 0.497 e. The van der Waals surface area contributed by atoms with E-state index in [4.69, 9.17) is 4.74 Å². The topological polar surface area (TPSA) is 76.1 Å². The number of anilines is 3. The molecule has 0 fully saturated rings. The number of aromatic nitrogens is 2. The molecular weight excluding hydrogens is 364 g/mol. The van der Waals surface area contributed by atoms with Crippen molar-refractivity contribution >= 4 is 23.2 Å². The highest BCUT2D eigenvalue weighted by Gasteiger charge is 2.19. The highest BCUT2D eigenvalue weighted by molar-refractivity contribution is 6.03. The maximum absolute atomic E-state index is 12.9. The SMILES string of the molecule is COc1ccc(Nc2nc(C)cc(C(=O)Nc3ccccc3C(C)(C)C)n2)cc1. The van der Waals surface area contributed by atoms with E-state index in [2.05, 4.69) is 41.4 Å². The van der Waals surface area contributed by atoms with Gasteiger partial charge in [-0.25, -0.2) is 9.97 Å². The maximum atomic E-state index is 12.9. The third-order valence-electron chi connectivity index (χ3n) is 4.42. The zero-order valence-corrected chi connectivity index (χ0v) is 17.4. The van der Waals surface area contributed by atoms with Crippen LogP contribution in [0.1, 0.15) is 42.5 Å². The third kappa shape index (κ3) is 5.10. The Hall–Kier alpha value is -3.41. The van der Waals surface area contributed by atoms with Gasteiger partial charge in [0.1, 0.15) is 11.4 Å².